The minimum atomic E-state index is -0.228. The lowest BCUT2D eigenvalue weighted by Gasteiger charge is -2.13. The van der Waals surface area contributed by atoms with Crippen molar-refractivity contribution in [3.8, 4) is 0 Å². The molecule has 1 heterocycles. The number of carbonyl (C=O) groups excluding carboxylic acids is 2. The van der Waals surface area contributed by atoms with Gasteiger partial charge in [-0.05, 0) is 49.9 Å². The molecule has 1 aromatic heterocycles. The van der Waals surface area contributed by atoms with E-state index < -0.39 is 0 Å². The van der Waals surface area contributed by atoms with Gasteiger partial charge in [-0.2, -0.15) is 0 Å². The van der Waals surface area contributed by atoms with Crippen LogP contribution in [0.4, 0.5) is 5.13 Å². The molecule has 0 radical (unpaired) electrons. The van der Waals surface area contributed by atoms with Crippen LogP contribution in [0.2, 0.25) is 0 Å². The summed E-state index contributed by atoms with van der Waals surface area (Å²) in [5.41, 5.74) is 4.68. The molecule has 2 N–H and O–H groups in total. The van der Waals surface area contributed by atoms with Crippen LogP contribution in [0.15, 0.2) is 48.5 Å². The molecule has 0 fully saturated rings. The fourth-order valence-electron chi connectivity index (χ4n) is 3.55. The molecule has 1 aliphatic rings. The first-order valence-electron chi connectivity index (χ1n) is 9.25. The highest BCUT2D eigenvalue weighted by Gasteiger charge is 2.25. The molecule has 0 aliphatic heterocycles. The lowest BCUT2D eigenvalue weighted by molar-refractivity contribution is 0.0939. The van der Waals surface area contributed by atoms with E-state index in [2.05, 4.69) is 27.8 Å². The van der Waals surface area contributed by atoms with Crippen molar-refractivity contribution in [1.82, 2.24) is 10.3 Å². The largest absolute Gasteiger partial charge is 0.344 e. The van der Waals surface area contributed by atoms with E-state index in [1.165, 1.54) is 22.5 Å². The van der Waals surface area contributed by atoms with Crippen LogP contribution >= 0.6 is 11.3 Å². The Balaban J connectivity index is 1.47. The van der Waals surface area contributed by atoms with E-state index >= 15 is 0 Å². The molecule has 6 heteroatoms. The van der Waals surface area contributed by atoms with Crippen molar-refractivity contribution in [2.45, 2.75) is 32.7 Å². The average Bonchev–Trinajstić information content (AvgIpc) is 3.25. The number of aryl methyl sites for hydroxylation is 3. The molecule has 4 rings (SSSR count). The van der Waals surface area contributed by atoms with Crippen LogP contribution in [0, 0.1) is 13.8 Å². The first-order valence-corrected chi connectivity index (χ1v) is 10.1. The third-order valence-electron chi connectivity index (χ3n) is 4.94. The Labute approximate surface area is 167 Å². The molecule has 1 aliphatic carbocycles. The predicted octanol–water partition coefficient (Wildman–Crippen LogP) is 4.43. The van der Waals surface area contributed by atoms with Gasteiger partial charge in [-0.3, -0.25) is 14.9 Å². The fourth-order valence-corrected chi connectivity index (χ4v) is 4.41. The third-order valence-corrected chi connectivity index (χ3v) is 6.01. The number of carbonyl (C=O) groups is 2. The molecule has 0 saturated heterocycles. The average molecular weight is 391 g/mol. The number of benzene rings is 2. The van der Waals surface area contributed by atoms with Gasteiger partial charge in [0.25, 0.3) is 11.8 Å². The number of rotatable bonds is 4. The van der Waals surface area contributed by atoms with E-state index in [0.29, 0.717) is 21.3 Å². The van der Waals surface area contributed by atoms with Crippen molar-refractivity contribution in [2.24, 2.45) is 0 Å². The molecule has 2 amide bonds. The first kappa shape index (κ1) is 18.4. The smallest absolute Gasteiger partial charge is 0.263 e. The lowest BCUT2D eigenvalue weighted by atomic mass is 10.1. The number of thiazole rings is 1. The van der Waals surface area contributed by atoms with Gasteiger partial charge in [-0.1, -0.05) is 53.3 Å². The summed E-state index contributed by atoms with van der Waals surface area (Å²) in [6.07, 6.45) is 1.88. The summed E-state index contributed by atoms with van der Waals surface area (Å²) in [7, 11) is 0. The minimum absolute atomic E-state index is 0.0236. The van der Waals surface area contributed by atoms with E-state index in [1.54, 1.807) is 13.0 Å². The number of amides is 2. The van der Waals surface area contributed by atoms with Crippen LogP contribution in [0.5, 0.6) is 0 Å². The monoisotopic (exact) mass is 391 g/mol. The predicted molar refractivity (Wildman–Crippen MR) is 111 cm³/mol. The van der Waals surface area contributed by atoms with Crippen molar-refractivity contribution >= 4 is 28.3 Å². The third kappa shape index (κ3) is 3.68. The van der Waals surface area contributed by atoms with Gasteiger partial charge in [0.15, 0.2) is 5.13 Å². The van der Waals surface area contributed by atoms with Crippen LogP contribution in [0.25, 0.3) is 0 Å². The van der Waals surface area contributed by atoms with Crippen molar-refractivity contribution < 1.29 is 9.59 Å². The summed E-state index contributed by atoms with van der Waals surface area (Å²) >= 11 is 1.20. The van der Waals surface area contributed by atoms with Gasteiger partial charge < -0.3 is 5.32 Å². The maximum absolute atomic E-state index is 12.8. The number of anilines is 1. The van der Waals surface area contributed by atoms with E-state index in [1.807, 2.05) is 37.3 Å². The molecule has 3 aromatic rings. The van der Waals surface area contributed by atoms with Crippen molar-refractivity contribution in [3.05, 3.63) is 81.4 Å². The van der Waals surface area contributed by atoms with E-state index in [4.69, 9.17) is 0 Å². The Morgan fingerprint density at radius 2 is 1.89 bits per heavy atom. The normalized spacial score (nSPS) is 15.1. The zero-order valence-corrected chi connectivity index (χ0v) is 16.6. The summed E-state index contributed by atoms with van der Waals surface area (Å²) in [4.78, 5) is 30.1. The number of fused-ring (bicyclic) bond motifs is 1. The molecule has 5 nitrogen and oxygen atoms in total. The number of hydrogen-bond donors (Lipinski definition) is 2. The Hall–Kier alpha value is -2.99. The van der Waals surface area contributed by atoms with E-state index in [0.717, 1.165) is 18.4 Å². The summed E-state index contributed by atoms with van der Waals surface area (Å²) < 4.78 is 0. The van der Waals surface area contributed by atoms with Gasteiger partial charge in [0, 0.05) is 5.56 Å². The maximum atomic E-state index is 12.8. The summed E-state index contributed by atoms with van der Waals surface area (Å²) in [5, 5.41) is 6.35. The number of nitrogens with one attached hydrogen (secondary N) is 2. The topological polar surface area (TPSA) is 71.1 Å². The van der Waals surface area contributed by atoms with E-state index in [-0.39, 0.29) is 17.9 Å². The summed E-state index contributed by atoms with van der Waals surface area (Å²) in [6.45, 7) is 3.73. The Morgan fingerprint density at radius 1 is 1.07 bits per heavy atom. The molecular weight excluding hydrogens is 370 g/mol. The van der Waals surface area contributed by atoms with Crippen LogP contribution in [0.3, 0.4) is 0 Å². The SMILES string of the molecule is Cc1cccc(C(=O)Nc2nc(C)c(C(=O)NC3CCc4ccccc43)s2)c1. The molecule has 0 bridgehead atoms. The second-order valence-corrected chi connectivity index (χ2v) is 8.02. The quantitative estimate of drug-likeness (QED) is 0.691. The molecule has 28 heavy (non-hydrogen) atoms. The molecule has 0 saturated carbocycles. The highest BCUT2D eigenvalue weighted by atomic mass is 32.1. The summed E-state index contributed by atoms with van der Waals surface area (Å²) in [5.74, 6) is -0.373. The lowest BCUT2D eigenvalue weighted by Crippen LogP contribution is -2.26. The molecule has 0 spiro atoms. The number of nitrogens with zero attached hydrogens (tertiary/aromatic N) is 1. The van der Waals surface area contributed by atoms with Crippen LogP contribution < -0.4 is 10.6 Å². The van der Waals surface area contributed by atoms with Crippen LogP contribution in [0.1, 0.15) is 54.9 Å². The first-order chi connectivity index (χ1) is 13.5. The summed E-state index contributed by atoms with van der Waals surface area (Å²) in [6, 6.07) is 15.6. The van der Waals surface area contributed by atoms with Crippen LogP contribution in [-0.4, -0.2) is 16.8 Å². The zero-order valence-electron chi connectivity index (χ0n) is 15.8. The van der Waals surface area contributed by atoms with Crippen LogP contribution in [-0.2, 0) is 6.42 Å². The van der Waals surface area contributed by atoms with Gasteiger partial charge >= 0.3 is 0 Å². The second-order valence-electron chi connectivity index (χ2n) is 7.02. The number of hydrogen-bond acceptors (Lipinski definition) is 4. The van der Waals surface area contributed by atoms with Crippen molar-refractivity contribution in [1.29, 1.82) is 0 Å². The van der Waals surface area contributed by atoms with E-state index in [9.17, 15) is 9.59 Å². The second kappa shape index (κ2) is 7.56. The van der Waals surface area contributed by atoms with Gasteiger partial charge in [0.05, 0.1) is 11.7 Å². The van der Waals surface area contributed by atoms with Gasteiger partial charge in [0.2, 0.25) is 0 Å². The Bertz CT molecular complexity index is 1060. The highest BCUT2D eigenvalue weighted by molar-refractivity contribution is 7.17. The maximum Gasteiger partial charge on any atom is 0.263 e. The van der Waals surface area contributed by atoms with Crippen molar-refractivity contribution in [3.63, 3.8) is 0 Å². The molecule has 1 unspecified atom stereocenters. The number of aromatic nitrogens is 1. The van der Waals surface area contributed by atoms with Crippen molar-refractivity contribution in [2.75, 3.05) is 5.32 Å². The minimum Gasteiger partial charge on any atom is -0.344 e. The Kier molecular flexibility index (Phi) is 4.96. The molecule has 142 valence electrons. The molecular formula is C22H21N3O2S. The van der Waals surface area contributed by atoms with Gasteiger partial charge in [-0.25, -0.2) is 4.98 Å². The highest BCUT2D eigenvalue weighted by Crippen LogP contribution is 2.32. The molecule has 1 atom stereocenters. The van der Waals surface area contributed by atoms with Gasteiger partial charge in [-0.15, -0.1) is 0 Å². The Morgan fingerprint density at radius 3 is 2.71 bits per heavy atom. The zero-order chi connectivity index (χ0) is 19.7. The fraction of sp³-hybridized carbons (Fsp3) is 0.227. The molecule has 2 aromatic carbocycles. The van der Waals surface area contributed by atoms with Gasteiger partial charge in [0.1, 0.15) is 4.88 Å². The standard InChI is InChI=1S/C22H21N3O2S/c1-13-6-5-8-16(12-13)20(26)25-22-23-14(2)19(28-22)21(27)24-18-11-10-15-7-3-4-9-17(15)18/h3-9,12,18H,10-11H2,1-2H3,(H,24,27)(H,23,25,26).